The van der Waals surface area contributed by atoms with Crippen molar-refractivity contribution in [3.8, 4) is 0 Å². The zero-order valence-corrected chi connectivity index (χ0v) is 7.71. The highest BCUT2D eigenvalue weighted by atomic mass is 79.9. The number of aliphatic hydroxyl groups is 1. The average Bonchev–Trinajstić information content (AvgIpc) is 2.01. The minimum Gasteiger partial charge on any atom is -0.396 e. The van der Waals surface area contributed by atoms with Gasteiger partial charge in [0.05, 0.1) is 0 Å². The fraction of sp³-hybridized carbons (Fsp3) is 0.375. The van der Waals surface area contributed by atoms with Crippen molar-refractivity contribution in [3.05, 3.63) is 28.5 Å². The molecule has 1 aromatic rings. The van der Waals surface area contributed by atoms with E-state index in [4.69, 9.17) is 5.11 Å². The monoisotopic (exact) mass is 215 g/mol. The first-order valence-electron chi connectivity index (χ1n) is 3.54. The van der Waals surface area contributed by atoms with Gasteiger partial charge in [-0.15, -0.1) is 0 Å². The second-order valence-corrected chi connectivity index (χ2v) is 3.13. The summed E-state index contributed by atoms with van der Waals surface area (Å²) in [4.78, 5) is 4.00. The van der Waals surface area contributed by atoms with E-state index in [-0.39, 0.29) is 6.61 Å². The second-order valence-electron chi connectivity index (χ2n) is 2.31. The van der Waals surface area contributed by atoms with Gasteiger partial charge >= 0.3 is 0 Å². The largest absolute Gasteiger partial charge is 0.396 e. The number of rotatable bonds is 3. The Morgan fingerprint density at radius 2 is 2.36 bits per heavy atom. The third kappa shape index (κ3) is 2.99. The van der Waals surface area contributed by atoms with Crippen LogP contribution in [0.4, 0.5) is 0 Å². The van der Waals surface area contributed by atoms with Crippen molar-refractivity contribution in [1.82, 2.24) is 4.98 Å². The lowest BCUT2D eigenvalue weighted by Crippen LogP contribution is -1.89. The normalized spacial score (nSPS) is 10.0. The summed E-state index contributed by atoms with van der Waals surface area (Å²) in [6.45, 7) is 0.250. The number of pyridine rings is 1. The van der Waals surface area contributed by atoms with Crippen LogP contribution < -0.4 is 0 Å². The highest BCUT2D eigenvalue weighted by Gasteiger charge is 1.93. The molecule has 0 aliphatic rings. The second kappa shape index (κ2) is 4.46. The molecule has 0 unspecified atom stereocenters. The number of aryl methyl sites for hydroxylation is 1. The predicted molar refractivity (Wildman–Crippen MR) is 47.3 cm³/mol. The maximum absolute atomic E-state index is 8.57. The third-order valence-corrected chi connectivity index (χ3v) is 1.85. The molecule has 0 fully saturated rings. The molecule has 0 saturated carbocycles. The van der Waals surface area contributed by atoms with E-state index in [1.165, 1.54) is 5.56 Å². The SMILES string of the molecule is OCCCc1ccnc(Br)c1. The maximum atomic E-state index is 8.57. The summed E-state index contributed by atoms with van der Waals surface area (Å²) < 4.78 is 0.855. The molecular weight excluding hydrogens is 206 g/mol. The quantitative estimate of drug-likeness (QED) is 0.781. The molecule has 0 bridgehead atoms. The topological polar surface area (TPSA) is 33.1 Å². The Morgan fingerprint density at radius 1 is 1.55 bits per heavy atom. The van der Waals surface area contributed by atoms with Crippen LogP contribution in [0.1, 0.15) is 12.0 Å². The molecule has 0 spiro atoms. The van der Waals surface area contributed by atoms with E-state index >= 15 is 0 Å². The van der Waals surface area contributed by atoms with Crippen LogP contribution in [0.15, 0.2) is 22.9 Å². The lowest BCUT2D eigenvalue weighted by atomic mass is 10.1. The molecule has 11 heavy (non-hydrogen) atoms. The third-order valence-electron chi connectivity index (χ3n) is 1.41. The number of aromatic nitrogens is 1. The number of halogens is 1. The maximum Gasteiger partial charge on any atom is 0.106 e. The van der Waals surface area contributed by atoms with Crippen LogP contribution in [0.3, 0.4) is 0 Å². The van der Waals surface area contributed by atoms with Gasteiger partial charge in [0.15, 0.2) is 0 Å². The van der Waals surface area contributed by atoms with Gasteiger partial charge in [0.25, 0.3) is 0 Å². The number of hydrogen-bond donors (Lipinski definition) is 1. The summed E-state index contributed by atoms with van der Waals surface area (Å²) >= 11 is 3.28. The summed E-state index contributed by atoms with van der Waals surface area (Å²) in [7, 11) is 0. The van der Waals surface area contributed by atoms with Crippen molar-refractivity contribution in [2.45, 2.75) is 12.8 Å². The molecule has 0 aliphatic carbocycles. The van der Waals surface area contributed by atoms with Crippen LogP contribution >= 0.6 is 15.9 Å². The van der Waals surface area contributed by atoms with E-state index in [1.807, 2.05) is 12.1 Å². The van der Waals surface area contributed by atoms with E-state index in [0.717, 1.165) is 17.4 Å². The lowest BCUT2D eigenvalue weighted by Gasteiger charge is -1.98. The number of nitrogens with zero attached hydrogens (tertiary/aromatic N) is 1. The van der Waals surface area contributed by atoms with Crippen LogP contribution in [0, 0.1) is 0 Å². The summed E-state index contributed by atoms with van der Waals surface area (Å²) in [6.07, 6.45) is 3.49. The predicted octanol–water partition coefficient (Wildman–Crippen LogP) is 1.77. The zero-order valence-electron chi connectivity index (χ0n) is 6.13. The molecule has 0 radical (unpaired) electrons. The minimum absolute atomic E-state index is 0.250. The molecule has 1 heterocycles. The Kier molecular flexibility index (Phi) is 3.52. The van der Waals surface area contributed by atoms with Crippen molar-refractivity contribution in [3.63, 3.8) is 0 Å². The minimum atomic E-state index is 0.250. The highest BCUT2D eigenvalue weighted by Crippen LogP contribution is 2.09. The number of aliphatic hydroxyl groups excluding tert-OH is 1. The van der Waals surface area contributed by atoms with Crippen molar-refractivity contribution >= 4 is 15.9 Å². The lowest BCUT2D eigenvalue weighted by molar-refractivity contribution is 0.288. The van der Waals surface area contributed by atoms with Gasteiger partial charge in [-0.2, -0.15) is 0 Å². The Morgan fingerprint density at radius 3 is 3.00 bits per heavy atom. The summed E-state index contributed by atoms with van der Waals surface area (Å²) in [5.41, 5.74) is 1.21. The van der Waals surface area contributed by atoms with Gasteiger partial charge in [0.1, 0.15) is 4.60 Å². The highest BCUT2D eigenvalue weighted by molar-refractivity contribution is 9.10. The molecule has 0 amide bonds. The molecule has 0 atom stereocenters. The molecule has 2 nitrogen and oxygen atoms in total. The molecule has 0 aliphatic heterocycles. The number of hydrogen-bond acceptors (Lipinski definition) is 2. The van der Waals surface area contributed by atoms with Gasteiger partial charge in [-0.25, -0.2) is 4.98 Å². The van der Waals surface area contributed by atoms with Gasteiger partial charge in [-0.05, 0) is 46.5 Å². The standard InChI is InChI=1S/C8H10BrNO/c9-8-6-7(2-1-5-11)3-4-10-8/h3-4,6,11H,1-2,5H2. The van der Waals surface area contributed by atoms with Crippen molar-refractivity contribution in [2.24, 2.45) is 0 Å². The molecular formula is C8H10BrNO. The Balaban J connectivity index is 2.56. The van der Waals surface area contributed by atoms with Crippen molar-refractivity contribution in [2.75, 3.05) is 6.61 Å². The van der Waals surface area contributed by atoms with Crippen LogP contribution in [0.5, 0.6) is 0 Å². The van der Waals surface area contributed by atoms with Gasteiger partial charge in [0.2, 0.25) is 0 Å². The first-order chi connectivity index (χ1) is 5.33. The molecule has 1 N–H and O–H groups in total. The molecule has 1 rings (SSSR count). The van der Waals surface area contributed by atoms with Gasteiger partial charge in [0, 0.05) is 12.8 Å². The van der Waals surface area contributed by atoms with Gasteiger partial charge in [-0.3, -0.25) is 0 Å². The van der Waals surface area contributed by atoms with E-state index in [2.05, 4.69) is 20.9 Å². The van der Waals surface area contributed by atoms with Crippen LogP contribution in [-0.4, -0.2) is 16.7 Å². The molecule has 0 saturated heterocycles. The van der Waals surface area contributed by atoms with Gasteiger partial charge < -0.3 is 5.11 Å². The van der Waals surface area contributed by atoms with Crippen LogP contribution in [0.25, 0.3) is 0 Å². The molecule has 0 aromatic carbocycles. The van der Waals surface area contributed by atoms with E-state index in [0.29, 0.717) is 0 Å². The average molecular weight is 216 g/mol. The van der Waals surface area contributed by atoms with Crippen molar-refractivity contribution < 1.29 is 5.11 Å². The van der Waals surface area contributed by atoms with Crippen molar-refractivity contribution in [1.29, 1.82) is 0 Å². The molecule has 3 heteroatoms. The van der Waals surface area contributed by atoms with E-state index < -0.39 is 0 Å². The molecule has 1 aromatic heterocycles. The fourth-order valence-electron chi connectivity index (χ4n) is 0.881. The molecule has 60 valence electrons. The Labute approximate surface area is 74.4 Å². The van der Waals surface area contributed by atoms with E-state index in [9.17, 15) is 0 Å². The van der Waals surface area contributed by atoms with Crippen LogP contribution in [-0.2, 0) is 6.42 Å². The first kappa shape index (κ1) is 8.68. The van der Waals surface area contributed by atoms with Crippen LogP contribution in [0.2, 0.25) is 0 Å². The smallest absolute Gasteiger partial charge is 0.106 e. The summed E-state index contributed by atoms with van der Waals surface area (Å²) in [5.74, 6) is 0. The first-order valence-corrected chi connectivity index (χ1v) is 4.33. The Bertz CT molecular complexity index is 227. The zero-order chi connectivity index (χ0) is 8.10. The summed E-state index contributed by atoms with van der Waals surface area (Å²) in [5, 5.41) is 8.57. The van der Waals surface area contributed by atoms with Gasteiger partial charge in [-0.1, -0.05) is 0 Å². The summed E-state index contributed by atoms with van der Waals surface area (Å²) in [6, 6.07) is 3.93. The van der Waals surface area contributed by atoms with E-state index in [1.54, 1.807) is 6.20 Å². The fourth-order valence-corrected chi connectivity index (χ4v) is 1.29. The Hall–Kier alpha value is -0.410.